The third-order valence-corrected chi connectivity index (χ3v) is 4.34. The molecular weight excluding hydrogens is 352 g/mol. The molecule has 1 saturated heterocycles. The van der Waals surface area contributed by atoms with Gasteiger partial charge in [-0.05, 0) is 24.3 Å². The SMILES string of the molecule is COc1ccc(NC(=O)N2CC(c3nc(-c4ccco4)no3)C2)cc1OC. The van der Waals surface area contributed by atoms with Gasteiger partial charge in [-0.25, -0.2) is 4.79 Å². The van der Waals surface area contributed by atoms with Gasteiger partial charge in [0.1, 0.15) is 0 Å². The predicted octanol–water partition coefficient (Wildman–Crippen LogP) is 2.98. The molecule has 0 bridgehead atoms. The first-order valence-corrected chi connectivity index (χ1v) is 8.33. The number of hydrogen-bond donors (Lipinski definition) is 1. The summed E-state index contributed by atoms with van der Waals surface area (Å²) in [5.41, 5.74) is 0.624. The number of carbonyl (C=O) groups excluding carboxylic acids is 1. The molecule has 140 valence electrons. The third kappa shape index (κ3) is 3.31. The van der Waals surface area contributed by atoms with Crippen LogP contribution in [0.15, 0.2) is 45.5 Å². The number of urea groups is 1. The first-order valence-electron chi connectivity index (χ1n) is 8.33. The van der Waals surface area contributed by atoms with Crippen molar-refractivity contribution < 1.29 is 23.2 Å². The van der Waals surface area contributed by atoms with Gasteiger partial charge in [0.25, 0.3) is 0 Å². The maximum Gasteiger partial charge on any atom is 0.321 e. The second-order valence-corrected chi connectivity index (χ2v) is 6.04. The van der Waals surface area contributed by atoms with E-state index in [-0.39, 0.29) is 11.9 Å². The maximum absolute atomic E-state index is 12.4. The van der Waals surface area contributed by atoms with E-state index in [9.17, 15) is 4.79 Å². The fraction of sp³-hybridized carbons (Fsp3) is 0.278. The summed E-state index contributed by atoms with van der Waals surface area (Å²) >= 11 is 0. The van der Waals surface area contributed by atoms with Crippen LogP contribution in [-0.4, -0.2) is 48.4 Å². The minimum Gasteiger partial charge on any atom is -0.493 e. The highest BCUT2D eigenvalue weighted by atomic mass is 16.5. The number of likely N-dealkylation sites (tertiary alicyclic amines) is 1. The minimum absolute atomic E-state index is 0.0114. The number of hydrogen-bond acceptors (Lipinski definition) is 7. The molecule has 2 aromatic heterocycles. The maximum atomic E-state index is 12.4. The molecule has 1 fully saturated rings. The van der Waals surface area contributed by atoms with Gasteiger partial charge >= 0.3 is 6.03 Å². The van der Waals surface area contributed by atoms with Crippen molar-refractivity contribution in [3.05, 3.63) is 42.5 Å². The number of anilines is 1. The predicted molar refractivity (Wildman–Crippen MR) is 94.9 cm³/mol. The summed E-state index contributed by atoms with van der Waals surface area (Å²) in [5, 5.41) is 6.75. The number of carbonyl (C=O) groups is 1. The molecule has 0 radical (unpaired) electrons. The lowest BCUT2D eigenvalue weighted by atomic mass is 10.0. The highest BCUT2D eigenvalue weighted by Crippen LogP contribution is 2.31. The molecule has 1 aliphatic heterocycles. The van der Waals surface area contributed by atoms with E-state index >= 15 is 0 Å². The van der Waals surface area contributed by atoms with Crippen molar-refractivity contribution in [3.8, 4) is 23.1 Å². The number of furan rings is 1. The fourth-order valence-corrected chi connectivity index (χ4v) is 2.82. The van der Waals surface area contributed by atoms with Crippen molar-refractivity contribution in [2.24, 2.45) is 0 Å². The Morgan fingerprint density at radius 1 is 1.22 bits per heavy atom. The van der Waals surface area contributed by atoms with E-state index in [1.165, 1.54) is 0 Å². The van der Waals surface area contributed by atoms with Crippen molar-refractivity contribution in [3.63, 3.8) is 0 Å². The van der Waals surface area contributed by atoms with Crippen LogP contribution in [-0.2, 0) is 0 Å². The van der Waals surface area contributed by atoms with E-state index in [0.29, 0.717) is 47.8 Å². The van der Waals surface area contributed by atoms with Gasteiger partial charge in [-0.1, -0.05) is 5.16 Å². The molecule has 1 aromatic carbocycles. The molecule has 9 nitrogen and oxygen atoms in total. The first-order chi connectivity index (χ1) is 13.2. The number of ether oxygens (including phenoxy) is 2. The number of nitrogens with zero attached hydrogens (tertiary/aromatic N) is 3. The molecule has 3 heterocycles. The second kappa shape index (κ2) is 7.02. The zero-order valence-corrected chi connectivity index (χ0v) is 14.8. The number of rotatable bonds is 5. The Morgan fingerprint density at radius 3 is 2.74 bits per heavy atom. The zero-order valence-electron chi connectivity index (χ0n) is 14.8. The summed E-state index contributed by atoms with van der Waals surface area (Å²) in [7, 11) is 3.11. The van der Waals surface area contributed by atoms with E-state index < -0.39 is 0 Å². The Bertz CT molecular complexity index is 931. The second-order valence-electron chi connectivity index (χ2n) is 6.04. The molecule has 4 rings (SSSR count). The van der Waals surface area contributed by atoms with Crippen LogP contribution in [0, 0.1) is 0 Å². The average Bonchev–Trinajstić information content (AvgIpc) is 3.32. The van der Waals surface area contributed by atoms with Crippen molar-refractivity contribution >= 4 is 11.7 Å². The third-order valence-electron chi connectivity index (χ3n) is 4.34. The summed E-state index contributed by atoms with van der Waals surface area (Å²) in [6, 6.07) is 8.52. The topological polar surface area (TPSA) is 103 Å². The lowest BCUT2D eigenvalue weighted by Crippen LogP contribution is -2.50. The molecule has 0 aliphatic carbocycles. The molecule has 27 heavy (non-hydrogen) atoms. The van der Waals surface area contributed by atoms with Crippen LogP contribution < -0.4 is 14.8 Å². The molecule has 0 unspecified atom stereocenters. The summed E-state index contributed by atoms with van der Waals surface area (Å²) in [6.07, 6.45) is 1.55. The quantitative estimate of drug-likeness (QED) is 0.736. The van der Waals surface area contributed by atoms with E-state index in [0.717, 1.165) is 0 Å². The highest BCUT2D eigenvalue weighted by Gasteiger charge is 2.36. The summed E-state index contributed by atoms with van der Waals surface area (Å²) in [4.78, 5) is 18.4. The van der Waals surface area contributed by atoms with E-state index in [1.54, 1.807) is 55.7 Å². The van der Waals surface area contributed by atoms with Gasteiger partial charge in [-0.3, -0.25) is 0 Å². The molecule has 1 N–H and O–H groups in total. The Balaban J connectivity index is 1.35. The van der Waals surface area contributed by atoms with Crippen molar-refractivity contribution in [2.45, 2.75) is 5.92 Å². The number of amides is 2. The lowest BCUT2D eigenvalue weighted by Gasteiger charge is -2.36. The van der Waals surface area contributed by atoms with Crippen molar-refractivity contribution in [2.75, 3.05) is 32.6 Å². The van der Waals surface area contributed by atoms with Gasteiger partial charge in [0.05, 0.1) is 26.4 Å². The van der Waals surface area contributed by atoms with E-state index in [4.69, 9.17) is 18.4 Å². The van der Waals surface area contributed by atoms with Crippen molar-refractivity contribution in [1.82, 2.24) is 15.0 Å². The fourth-order valence-electron chi connectivity index (χ4n) is 2.82. The summed E-state index contributed by atoms with van der Waals surface area (Å²) < 4.78 is 21.0. The first kappa shape index (κ1) is 17.0. The zero-order chi connectivity index (χ0) is 18.8. The molecule has 0 spiro atoms. The van der Waals surface area contributed by atoms with Gasteiger partial charge in [-0.15, -0.1) is 0 Å². The smallest absolute Gasteiger partial charge is 0.321 e. The molecule has 0 atom stereocenters. The molecular formula is C18H18N4O5. The molecule has 0 saturated carbocycles. The number of nitrogens with one attached hydrogen (secondary N) is 1. The lowest BCUT2D eigenvalue weighted by molar-refractivity contribution is 0.147. The molecule has 1 aliphatic rings. The molecule has 2 amide bonds. The van der Waals surface area contributed by atoms with Gasteiger partial charge in [0.15, 0.2) is 17.3 Å². The molecule has 9 heteroatoms. The van der Waals surface area contributed by atoms with Gasteiger partial charge < -0.3 is 28.6 Å². The van der Waals surface area contributed by atoms with Crippen LogP contribution in [0.25, 0.3) is 11.6 Å². The van der Waals surface area contributed by atoms with Gasteiger partial charge in [0, 0.05) is 24.8 Å². The standard InChI is InChI=1S/C18H18N4O5/c1-24-13-6-5-12(8-15(13)25-2)19-18(23)22-9-11(10-22)17-20-16(21-27-17)14-4-3-7-26-14/h3-8,11H,9-10H2,1-2H3,(H,19,23). The number of benzene rings is 1. The summed E-state index contributed by atoms with van der Waals surface area (Å²) in [6.45, 7) is 0.998. The van der Waals surface area contributed by atoms with Crippen LogP contribution in [0.1, 0.15) is 11.8 Å². The number of aromatic nitrogens is 2. The minimum atomic E-state index is -0.204. The largest absolute Gasteiger partial charge is 0.493 e. The molecule has 3 aromatic rings. The average molecular weight is 370 g/mol. The van der Waals surface area contributed by atoms with Crippen LogP contribution in [0.2, 0.25) is 0 Å². The van der Waals surface area contributed by atoms with Crippen LogP contribution in [0.3, 0.4) is 0 Å². The monoisotopic (exact) mass is 370 g/mol. The van der Waals surface area contributed by atoms with Gasteiger partial charge in [-0.2, -0.15) is 4.98 Å². The van der Waals surface area contributed by atoms with Crippen LogP contribution in [0.5, 0.6) is 11.5 Å². The summed E-state index contributed by atoms with van der Waals surface area (Å²) in [5.74, 6) is 2.61. The van der Waals surface area contributed by atoms with Gasteiger partial charge in [0.2, 0.25) is 11.7 Å². The Morgan fingerprint density at radius 2 is 2.04 bits per heavy atom. The Kier molecular flexibility index (Phi) is 4.41. The van der Waals surface area contributed by atoms with Crippen LogP contribution >= 0.6 is 0 Å². The van der Waals surface area contributed by atoms with E-state index in [2.05, 4.69) is 15.5 Å². The number of methoxy groups -OCH3 is 2. The highest BCUT2D eigenvalue weighted by molar-refractivity contribution is 5.90. The Hall–Kier alpha value is -3.49. The van der Waals surface area contributed by atoms with Crippen LogP contribution in [0.4, 0.5) is 10.5 Å². The van der Waals surface area contributed by atoms with Crippen molar-refractivity contribution in [1.29, 1.82) is 0 Å². The Labute approximate surface area is 154 Å². The normalized spacial score (nSPS) is 13.9. The van der Waals surface area contributed by atoms with E-state index in [1.807, 2.05) is 0 Å².